The van der Waals surface area contributed by atoms with Gasteiger partial charge < -0.3 is 19.9 Å². The first-order valence-corrected chi connectivity index (χ1v) is 9.58. The number of methoxy groups -OCH3 is 2. The maximum atomic E-state index is 12.6. The minimum absolute atomic E-state index is 0.0793. The second kappa shape index (κ2) is 8.50. The van der Waals surface area contributed by atoms with Crippen LogP contribution in [0.4, 0.5) is 0 Å². The Morgan fingerprint density at radius 2 is 2.00 bits per heavy atom. The number of hydrogen-bond acceptors (Lipinski definition) is 6. The lowest BCUT2D eigenvalue weighted by Crippen LogP contribution is -2.35. The molecule has 3 aromatic rings. The van der Waals surface area contributed by atoms with Gasteiger partial charge in [-0.3, -0.25) is 4.79 Å². The number of fused-ring (bicyclic) bond motifs is 1. The number of halogens is 1. The van der Waals surface area contributed by atoms with Gasteiger partial charge in [0, 0.05) is 9.72 Å². The van der Waals surface area contributed by atoms with Crippen molar-refractivity contribution in [1.29, 1.82) is 0 Å². The molecule has 2 aromatic carbocycles. The van der Waals surface area contributed by atoms with Crippen LogP contribution in [0.1, 0.15) is 17.2 Å². The number of aromatic hydroxyl groups is 1. The van der Waals surface area contributed by atoms with E-state index in [1.165, 1.54) is 37.7 Å². The summed E-state index contributed by atoms with van der Waals surface area (Å²) in [6.45, 7) is 0. The predicted octanol–water partition coefficient (Wildman–Crippen LogP) is 3.84. The van der Waals surface area contributed by atoms with Gasteiger partial charge in [0.2, 0.25) is 5.91 Å². The molecule has 0 bridgehead atoms. The SMILES string of the molecule is COC(=O)[C@H](NC(=O)Cc1csc2ccc(Cl)cc12)c1ccc(OC)c(O)c1. The van der Waals surface area contributed by atoms with Gasteiger partial charge in [-0.25, -0.2) is 4.79 Å². The van der Waals surface area contributed by atoms with Crippen LogP contribution in [-0.2, 0) is 20.7 Å². The number of esters is 1. The van der Waals surface area contributed by atoms with Gasteiger partial charge in [0.25, 0.3) is 0 Å². The van der Waals surface area contributed by atoms with E-state index in [4.69, 9.17) is 21.1 Å². The summed E-state index contributed by atoms with van der Waals surface area (Å²) in [5.41, 5.74) is 1.21. The van der Waals surface area contributed by atoms with Crippen LogP contribution in [0.15, 0.2) is 41.8 Å². The highest BCUT2D eigenvalue weighted by molar-refractivity contribution is 7.17. The van der Waals surface area contributed by atoms with E-state index < -0.39 is 12.0 Å². The molecule has 0 fully saturated rings. The molecule has 0 aliphatic heterocycles. The molecule has 1 atom stereocenters. The molecule has 3 rings (SSSR count). The largest absolute Gasteiger partial charge is 0.504 e. The molecule has 146 valence electrons. The fourth-order valence-corrected chi connectivity index (χ4v) is 3.97. The van der Waals surface area contributed by atoms with Crippen LogP contribution >= 0.6 is 22.9 Å². The topological polar surface area (TPSA) is 84.9 Å². The number of benzene rings is 2. The Balaban J connectivity index is 1.82. The minimum Gasteiger partial charge on any atom is -0.504 e. The summed E-state index contributed by atoms with van der Waals surface area (Å²) < 4.78 is 10.8. The third-order valence-corrected chi connectivity index (χ3v) is 5.49. The molecule has 0 unspecified atom stereocenters. The number of amides is 1. The number of ether oxygens (including phenoxy) is 2. The summed E-state index contributed by atoms with van der Waals surface area (Å²) in [6, 6.07) is 8.93. The lowest BCUT2D eigenvalue weighted by Gasteiger charge is -2.18. The van der Waals surface area contributed by atoms with E-state index in [0.717, 1.165) is 15.6 Å². The highest BCUT2D eigenvalue weighted by Gasteiger charge is 2.25. The number of phenols is 1. The minimum atomic E-state index is -1.05. The van der Waals surface area contributed by atoms with E-state index in [1.54, 1.807) is 12.1 Å². The molecule has 0 radical (unpaired) electrons. The van der Waals surface area contributed by atoms with Gasteiger partial charge in [-0.2, -0.15) is 0 Å². The highest BCUT2D eigenvalue weighted by Crippen LogP contribution is 2.31. The first kappa shape index (κ1) is 20.0. The van der Waals surface area contributed by atoms with Crippen LogP contribution in [0.5, 0.6) is 11.5 Å². The fraction of sp³-hybridized carbons (Fsp3) is 0.200. The molecular formula is C20H18ClNO5S. The first-order chi connectivity index (χ1) is 13.4. The average Bonchev–Trinajstić information content (AvgIpc) is 3.07. The monoisotopic (exact) mass is 419 g/mol. The van der Waals surface area contributed by atoms with Gasteiger partial charge in [0.1, 0.15) is 0 Å². The normalized spacial score (nSPS) is 11.8. The van der Waals surface area contributed by atoms with Crippen molar-refractivity contribution in [1.82, 2.24) is 5.32 Å². The molecule has 0 aliphatic rings. The number of carbonyl (C=O) groups excluding carboxylic acids is 2. The number of phenolic OH excluding ortho intramolecular Hbond substituents is 1. The summed E-state index contributed by atoms with van der Waals surface area (Å²) >= 11 is 7.58. The van der Waals surface area contributed by atoms with Crippen molar-refractivity contribution < 1.29 is 24.2 Å². The number of hydrogen-bond donors (Lipinski definition) is 2. The Bertz CT molecular complexity index is 1030. The van der Waals surface area contributed by atoms with Crippen molar-refractivity contribution in [3.63, 3.8) is 0 Å². The first-order valence-electron chi connectivity index (χ1n) is 8.32. The van der Waals surface area contributed by atoms with Crippen LogP contribution in [0.2, 0.25) is 5.02 Å². The van der Waals surface area contributed by atoms with Crippen LogP contribution in [0.3, 0.4) is 0 Å². The molecule has 1 heterocycles. The van der Waals surface area contributed by atoms with Crippen molar-refractivity contribution in [3.05, 3.63) is 57.9 Å². The highest BCUT2D eigenvalue weighted by atomic mass is 35.5. The molecular weight excluding hydrogens is 402 g/mol. The zero-order chi connectivity index (χ0) is 20.3. The Hall–Kier alpha value is -2.77. The molecule has 8 heteroatoms. The molecule has 0 spiro atoms. The van der Waals surface area contributed by atoms with Crippen molar-refractivity contribution in [2.45, 2.75) is 12.5 Å². The lowest BCUT2D eigenvalue weighted by atomic mass is 10.0. The van der Waals surface area contributed by atoms with Crippen LogP contribution in [-0.4, -0.2) is 31.2 Å². The van der Waals surface area contributed by atoms with Gasteiger partial charge in [0.05, 0.1) is 20.6 Å². The molecule has 1 aromatic heterocycles. The van der Waals surface area contributed by atoms with E-state index in [9.17, 15) is 14.7 Å². The summed E-state index contributed by atoms with van der Waals surface area (Å²) in [6.07, 6.45) is 0.0793. The number of thiophene rings is 1. The third-order valence-electron chi connectivity index (χ3n) is 4.25. The Kier molecular flexibility index (Phi) is 6.06. The van der Waals surface area contributed by atoms with Crippen molar-refractivity contribution in [2.75, 3.05) is 14.2 Å². The van der Waals surface area contributed by atoms with E-state index in [-0.39, 0.29) is 23.8 Å². The molecule has 0 aliphatic carbocycles. The van der Waals surface area contributed by atoms with Gasteiger partial charge in [-0.1, -0.05) is 17.7 Å². The van der Waals surface area contributed by atoms with Gasteiger partial charge in [-0.15, -0.1) is 11.3 Å². The smallest absolute Gasteiger partial charge is 0.333 e. The maximum absolute atomic E-state index is 12.6. The van der Waals surface area contributed by atoms with E-state index in [0.29, 0.717) is 10.6 Å². The van der Waals surface area contributed by atoms with Gasteiger partial charge in [-0.05, 0) is 52.2 Å². The van der Waals surface area contributed by atoms with Crippen molar-refractivity contribution >= 4 is 44.9 Å². The van der Waals surface area contributed by atoms with E-state index >= 15 is 0 Å². The van der Waals surface area contributed by atoms with Crippen LogP contribution in [0.25, 0.3) is 10.1 Å². The number of nitrogens with one attached hydrogen (secondary N) is 1. The molecule has 0 saturated carbocycles. The quantitative estimate of drug-likeness (QED) is 0.593. The maximum Gasteiger partial charge on any atom is 0.333 e. The summed E-state index contributed by atoms with van der Waals surface area (Å²) in [5.74, 6) is -0.872. The zero-order valence-corrected chi connectivity index (χ0v) is 16.8. The summed E-state index contributed by atoms with van der Waals surface area (Å²) in [4.78, 5) is 24.8. The van der Waals surface area contributed by atoms with Crippen molar-refractivity contribution in [2.24, 2.45) is 0 Å². The number of rotatable bonds is 6. The third kappa shape index (κ3) is 4.21. The Labute approximate surface area is 170 Å². The lowest BCUT2D eigenvalue weighted by molar-refractivity contribution is -0.145. The second-order valence-corrected chi connectivity index (χ2v) is 7.38. The standard InChI is InChI=1S/C20H18ClNO5S/c1-26-16-5-3-11(7-15(16)23)19(20(25)27-2)22-18(24)8-12-10-28-17-6-4-13(21)9-14(12)17/h3-7,9-10,19,23H,8H2,1-2H3,(H,22,24)/t19-/m1/s1. The summed E-state index contributed by atoms with van der Waals surface area (Å²) in [5, 5.41) is 16.0. The zero-order valence-electron chi connectivity index (χ0n) is 15.2. The average molecular weight is 420 g/mol. The molecule has 28 heavy (non-hydrogen) atoms. The molecule has 2 N–H and O–H groups in total. The molecule has 6 nitrogen and oxygen atoms in total. The fourth-order valence-electron chi connectivity index (χ4n) is 2.86. The number of carbonyl (C=O) groups is 2. The van der Waals surface area contributed by atoms with Gasteiger partial charge in [0.15, 0.2) is 17.5 Å². The predicted molar refractivity (Wildman–Crippen MR) is 108 cm³/mol. The summed E-state index contributed by atoms with van der Waals surface area (Å²) in [7, 11) is 2.66. The van der Waals surface area contributed by atoms with E-state index in [1.807, 2.05) is 17.5 Å². The second-order valence-electron chi connectivity index (χ2n) is 6.03. The van der Waals surface area contributed by atoms with Crippen LogP contribution in [0, 0.1) is 0 Å². The Morgan fingerprint density at radius 1 is 1.21 bits per heavy atom. The van der Waals surface area contributed by atoms with E-state index in [2.05, 4.69) is 5.32 Å². The Morgan fingerprint density at radius 3 is 2.68 bits per heavy atom. The molecule has 0 saturated heterocycles. The van der Waals surface area contributed by atoms with Crippen molar-refractivity contribution in [3.8, 4) is 11.5 Å². The molecule has 1 amide bonds. The van der Waals surface area contributed by atoms with Gasteiger partial charge >= 0.3 is 5.97 Å². The van der Waals surface area contributed by atoms with Crippen LogP contribution < -0.4 is 10.1 Å².